The molecule has 1 N–H and O–H groups in total. The van der Waals surface area contributed by atoms with E-state index in [9.17, 15) is 0 Å². The van der Waals surface area contributed by atoms with Crippen molar-refractivity contribution in [3.8, 4) is 0 Å². The third-order valence-electron chi connectivity index (χ3n) is 1.76. The lowest BCUT2D eigenvalue weighted by molar-refractivity contribution is 0.390. The number of nitrogens with one attached hydrogen (secondary N) is 1. The van der Waals surface area contributed by atoms with Crippen LogP contribution >= 0.6 is 0 Å². The molecule has 0 unspecified atom stereocenters. The van der Waals surface area contributed by atoms with Crippen molar-refractivity contribution < 1.29 is 4.52 Å². The van der Waals surface area contributed by atoms with Gasteiger partial charge >= 0.3 is 0 Å². The summed E-state index contributed by atoms with van der Waals surface area (Å²) in [5.74, 6) is 0. The minimum Gasteiger partial charge on any atom is -0.364 e. The average molecular weight is 183 g/mol. The Bertz CT molecular complexity index is 209. The molecule has 0 aliphatic carbocycles. The molecule has 1 rings (SSSR count). The molecule has 4 nitrogen and oxygen atoms in total. The summed E-state index contributed by atoms with van der Waals surface area (Å²) in [7, 11) is 4.16. The average Bonchev–Trinajstić information content (AvgIpc) is 2.55. The molecule has 1 aromatic heterocycles. The minimum atomic E-state index is 0.796. The molecule has 74 valence electrons. The minimum absolute atomic E-state index is 0.796. The molecule has 4 heteroatoms. The molecule has 0 spiro atoms. The predicted octanol–water partition coefficient (Wildman–Crippen LogP) is 0.716. The highest BCUT2D eigenvalue weighted by atomic mass is 16.5. The summed E-state index contributed by atoms with van der Waals surface area (Å²) in [5, 5.41) is 7.10. The lowest BCUT2D eigenvalue weighted by Gasteiger charge is -2.08. The SMILES string of the molecule is CN(C)CCCNCc1ccon1. The van der Waals surface area contributed by atoms with Gasteiger partial charge in [0.15, 0.2) is 0 Å². The Hall–Kier alpha value is -0.870. The van der Waals surface area contributed by atoms with E-state index in [0.29, 0.717) is 0 Å². The van der Waals surface area contributed by atoms with Crippen LogP contribution in [0.4, 0.5) is 0 Å². The van der Waals surface area contributed by atoms with E-state index >= 15 is 0 Å². The van der Waals surface area contributed by atoms with E-state index in [1.807, 2.05) is 6.07 Å². The van der Waals surface area contributed by atoms with Gasteiger partial charge < -0.3 is 14.7 Å². The summed E-state index contributed by atoms with van der Waals surface area (Å²) in [5.41, 5.74) is 0.963. The molecule has 0 fully saturated rings. The van der Waals surface area contributed by atoms with Crippen LogP contribution in [0.2, 0.25) is 0 Å². The van der Waals surface area contributed by atoms with Crippen LogP contribution in [0.3, 0.4) is 0 Å². The number of nitrogens with zero attached hydrogens (tertiary/aromatic N) is 2. The van der Waals surface area contributed by atoms with Crippen LogP contribution in [-0.2, 0) is 6.54 Å². The first-order valence-electron chi connectivity index (χ1n) is 4.54. The van der Waals surface area contributed by atoms with Crippen LogP contribution in [-0.4, -0.2) is 37.2 Å². The summed E-state index contributed by atoms with van der Waals surface area (Å²) in [4.78, 5) is 2.18. The van der Waals surface area contributed by atoms with Gasteiger partial charge in [-0.05, 0) is 33.6 Å². The Labute approximate surface area is 78.9 Å². The molecule has 0 aromatic carbocycles. The molecule has 0 aliphatic rings. The van der Waals surface area contributed by atoms with E-state index < -0.39 is 0 Å². The Morgan fingerprint density at radius 2 is 2.38 bits per heavy atom. The van der Waals surface area contributed by atoms with Gasteiger partial charge in [0.05, 0.1) is 5.69 Å². The maximum absolute atomic E-state index is 4.71. The Balaban J connectivity index is 1.96. The second-order valence-electron chi connectivity index (χ2n) is 3.32. The van der Waals surface area contributed by atoms with Crippen LogP contribution in [0.25, 0.3) is 0 Å². The summed E-state index contributed by atoms with van der Waals surface area (Å²) >= 11 is 0. The van der Waals surface area contributed by atoms with Gasteiger partial charge in [0, 0.05) is 12.6 Å². The zero-order valence-corrected chi connectivity index (χ0v) is 8.29. The Morgan fingerprint density at radius 1 is 1.54 bits per heavy atom. The molecular formula is C9H17N3O. The van der Waals surface area contributed by atoms with Crippen molar-refractivity contribution in [3.63, 3.8) is 0 Å². The van der Waals surface area contributed by atoms with Gasteiger partial charge in [-0.25, -0.2) is 0 Å². The van der Waals surface area contributed by atoms with Crippen molar-refractivity contribution in [3.05, 3.63) is 18.0 Å². The molecule has 0 aliphatic heterocycles. The topological polar surface area (TPSA) is 41.3 Å². The first-order valence-corrected chi connectivity index (χ1v) is 4.54. The van der Waals surface area contributed by atoms with Crippen molar-refractivity contribution in [2.75, 3.05) is 27.2 Å². The molecule has 0 saturated carbocycles. The van der Waals surface area contributed by atoms with Crippen LogP contribution in [0.15, 0.2) is 16.9 Å². The van der Waals surface area contributed by atoms with Gasteiger partial charge in [-0.3, -0.25) is 0 Å². The standard InChI is InChI=1S/C9H17N3O/c1-12(2)6-3-5-10-8-9-4-7-13-11-9/h4,7,10H,3,5-6,8H2,1-2H3. The second kappa shape index (κ2) is 5.72. The van der Waals surface area contributed by atoms with E-state index in [0.717, 1.165) is 31.7 Å². The maximum Gasteiger partial charge on any atom is 0.124 e. The van der Waals surface area contributed by atoms with E-state index in [2.05, 4.69) is 29.5 Å². The fourth-order valence-electron chi connectivity index (χ4n) is 1.07. The van der Waals surface area contributed by atoms with Gasteiger partial charge in [0.2, 0.25) is 0 Å². The maximum atomic E-state index is 4.71. The third-order valence-corrected chi connectivity index (χ3v) is 1.76. The summed E-state index contributed by atoms with van der Waals surface area (Å²) in [6, 6.07) is 1.87. The van der Waals surface area contributed by atoms with Crippen molar-refractivity contribution >= 4 is 0 Å². The third kappa shape index (κ3) is 4.65. The highest BCUT2D eigenvalue weighted by Crippen LogP contribution is 1.92. The predicted molar refractivity (Wildman–Crippen MR) is 51.4 cm³/mol. The van der Waals surface area contributed by atoms with E-state index in [4.69, 9.17) is 4.52 Å². The zero-order valence-electron chi connectivity index (χ0n) is 8.29. The quantitative estimate of drug-likeness (QED) is 0.660. The largest absolute Gasteiger partial charge is 0.364 e. The molecular weight excluding hydrogens is 166 g/mol. The van der Waals surface area contributed by atoms with Crippen molar-refractivity contribution in [2.45, 2.75) is 13.0 Å². The lowest BCUT2D eigenvalue weighted by Crippen LogP contribution is -2.21. The number of hydrogen-bond donors (Lipinski definition) is 1. The lowest BCUT2D eigenvalue weighted by atomic mass is 10.4. The smallest absolute Gasteiger partial charge is 0.124 e. The van der Waals surface area contributed by atoms with E-state index in [1.165, 1.54) is 0 Å². The molecule has 0 bridgehead atoms. The van der Waals surface area contributed by atoms with Gasteiger partial charge in [0.25, 0.3) is 0 Å². The van der Waals surface area contributed by atoms with Crippen LogP contribution in [0, 0.1) is 0 Å². The van der Waals surface area contributed by atoms with E-state index in [-0.39, 0.29) is 0 Å². The van der Waals surface area contributed by atoms with Crippen molar-refractivity contribution in [2.24, 2.45) is 0 Å². The van der Waals surface area contributed by atoms with Crippen molar-refractivity contribution in [1.82, 2.24) is 15.4 Å². The van der Waals surface area contributed by atoms with Gasteiger partial charge in [-0.15, -0.1) is 0 Å². The monoisotopic (exact) mass is 183 g/mol. The first-order chi connectivity index (χ1) is 6.29. The molecule has 1 heterocycles. The first kappa shape index (κ1) is 10.2. The van der Waals surface area contributed by atoms with Gasteiger partial charge in [0.1, 0.15) is 6.26 Å². The van der Waals surface area contributed by atoms with Crippen LogP contribution < -0.4 is 5.32 Å². The Kier molecular flexibility index (Phi) is 4.49. The molecule has 1 aromatic rings. The molecule has 0 atom stereocenters. The van der Waals surface area contributed by atoms with E-state index in [1.54, 1.807) is 6.26 Å². The zero-order chi connectivity index (χ0) is 9.52. The highest BCUT2D eigenvalue weighted by Gasteiger charge is 1.95. The summed E-state index contributed by atoms with van der Waals surface area (Å²) in [6.45, 7) is 2.93. The fourth-order valence-corrected chi connectivity index (χ4v) is 1.07. The van der Waals surface area contributed by atoms with Gasteiger partial charge in [-0.1, -0.05) is 5.16 Å². The fraction of sp³-hybridized carbons (Fsp3) is 0.667. The number of aromatic nitrogens is 1. The number of rotatable bonds is 6. The number of hydrogen-bond acceptors (Lipinski definition) is 4. The van der Waals surface area contributed by atoms with Crippen LogP contribution in [0.1, 0.15) is 12.1 Å². The molecule has 0 amide bonds. The van der Waals surface area contributed by atoms with Crippen molar-refractivity contribution in [1.29, 1.82) is 0 Å². The second-order valence-corrected chi connectivity index (χ2v) is 3.32. The molecule has 0 saturated heterocycles. The summed E-state index contributed by atoms with van der Waals surface area (Å²) in [6.07, 6.45) is 2.75. The van der Waals surface area contributed by atoms with Gasteiger partial charge in [-0.2, -0.15) is 0 Å². The van der Waals surface area contributed by atoms with Crippen LogP contribution in [0.5, 0.6) is 0 Å². The summed E-state index contributed by atoms with van der Waals surface area (Å²) < 4.78 is 4.71. The normalized spacial score (nSPS) is 11.0. The highest BCUT2D eigenvalue weighted by molar-refractivity contribution is 4.93. The molecule has 13 heavy (non-hydrogen) atoms. The Morgan fingerprint density at radius 3 is 3.00 bits per heavy atom. The molecule has 0 radical (unpaired) electrons.